The van der Waals surface area contributed by atoms with Gasteiger partial charge in [-0.05, 0) is 42.9 Å². The van der Waals surface area contributed by atoms with Gasteiger partial charge in [0.1, 0.15) is 22.7 Å². The summed E-state index contributed by atoms with van der Waals surface area (Å²) in [5, 5.41) is 4.84. The molecule has 2 aromatic heterocycles. The standard InChI is InChI=1S/C19H19N3OS/c1-2-6-15-13(4-1)8-12(10-23-15)9-20-18-17-14-5-3-7-16(14)24-19(17)22-11-21-18/h1-2,4,6,11-12H,3,5,7-10H2,(H,20,21,22)/t12-/m0/s1. The molecule has 2 aliphatic rings. The number of thiophene rings is 1. The zero-order valence-corrected chi connectivity index (χ0v) is 14.2. The quantitative estimate of drug-likeness (QED) is 0.789. The minimum absolute atomic E-state index is 0.469. The summed E-state index contributed by atoms with van der Waals surface area (Å²) in [4.78, 5) is 11.6. The van der Waals surface area contributed by atoms with E-state index >= 15 is 0 Å². The van der Waals surface area contributed by atoms with Gasteiger partial charge < -0.3 is 10.1 Å². The molecule has 1 aliphatic carbocycles. The molecule has 3 heterocycles. The topological polar surface area (TPSA) is 47.0 Å². The molecular formula is C19H19N3OS. The van der Waals surface area contributed by atoms with Gasteiger partial charge in [-0.25, -0.2) is 9.97 Å². The summed E-state index contributed by atoms with van der Waals surface area (Å²) in [7, 11) is 0. The number of hydrogen-bond donors (Lipinski definition) is 1. The van der Waals surface area contributed by atoms with Crippen LogP contribution in [-0.4, -0.2) is 23.1 Å². The molecule has 0 saturated carbocycles. The van der Waals surface area contributed by atoms with E-state index in [0.29, 0.717) is 5.92 Å². The van der Waals surface area contributed by atoms with Crippen LogP contribution in [0, 0.1) is 5.92 Å². The van der Waals surface area contributed by atoms with Crippen LogP contribution in [0.15, 0.2) is 30.6 Å². The van der Waals surface area contributed by atoms with E-state index < -0.39 is 0 Å². The number of nitrogens with one attached hydrogen (secondary N) is 1. The van der Waals surface area contributed by atoms with Crippen molar-refractivity contribution in [1.82, 2.24) is 9.97 Å². The SMILES string of the molecule is c1ccc2c(c1)C[C@@H](CNc1ncnc3sc4c(c13)CCC4)CO2. The summed E-state index contributed by atoms with van der Waals surface area (Å²) < 4.78 is 5.90. The van der Waals surface area contributed by atoms with Crippen molar-refractivity contribution < 1.29 is 4.74 Å². The maximum Gasteiger partial charge on any atom is 0.138 e. The van der Waals surface area contributed by atoms with Gasteiger partial charge in [0.25, 0.3) is 0 Å². The van der Waals surface area contributed by atoms with Crippen molar-refractivity contribution in [1.29, 1.82) is 0 Å². The average Bonchev–Trinajstić information content (AvgIpc) is 3.20. The third-order valence-electron chi connectivity index (χ3n) is 5.02. The molecule has 0 amide bonds. The largest absolute Gasteiger partial charge is 0.493 e. The van der Waals surface area contributed by atoms with E-state index in [1.54, 1.807) is 6.33 Å². The van der Waals surface area contributed by atoms with E-state index in [1.807, 2.05) is 17.4 Å². The fourth-order valence-electron chi connectivity index (χ4n) is 3.83. The highest BCUT2D eigenvalue weighted by Gasteiger charge is 2.23. The first-order valence-electron chi connectivity index (χ1n) is 8.58. The van der Waals surface area contributed by atoms with Crippen LogP contribution in [0.4, 0.5) is 5.82 Å². The van der Waals surface area contributed by atoms with Gasteiger partial charge in [-0.3, -0.25) is 0 Å². The minimum Gasteiger partial charge on any atom is -0.493 e. The number of aromatic nitrogens is 2. The Morgan fingerprint density at radius 3 is 3.17 bits per heavy atom. The van der Waals surface area contributed by atoms with Crippen molar-refractivity contribution >= 4 is 27.4 Å². The molecule has 122 valence electrons. The van der Waals surface area contributed by atoms with E-state index in [0.717, 1.165) is 42.4 Å². The van der Waals surface area contributed by atoms with E-state index in [-0.39, 0.29) is 0 Å². The smallest absolute Gasteiger partial charge is 0.138 e. The predicted octanol–water partition coefficient (Wildman–Crippen LogP) is 3.84. The van der Waals surface area contributed by atoms with Gasteiger partial charge in [-0.2, -0.15) is 0 Å². The Kier molecular flexibility index (Phi) is 3.40. The van der Waals surface area contributed by atoms with Gasteiger partial charge in [0, 0.05) is 17.3 Å². The van der Waals surface area contributed by atoms with Crippen LogP contribution in [-0.2, 0) is 19.3 Å². The predicted molar refractivity (Wildman–Crippen MR) is 97.1 cm³/mol. The Morgan fingerprint density at radius 1 is 1.21 bits per heavy atom. The maximum atomic E-state index is 5.90. The van der Waals surface area contributed by atoms with Crippen molar-refractivity contribution in [2.75, 3.05) is 18.5 Å². The van der Waals surface area contributed by atoms with Crippen molar-refractivity contribution in [2.45, 2.75) is 25.7 Å². The van der Waals surface area contributed by atoms with Crippen molar-refractivity contribution in [3.05, 3.63) is 46.6 Å². The second-order valence-electron chi connectivity index (χ2n) is 6.63. The summed E-state index contributed by atoms with van der Waals surface area (Å²) in [6.45, 7) is 1.64. The van der Waals surface area contributed by atoms with Gasteiger partial charge in [-0.1, -0.05) is 18.2 Å². The number of benzene rings is 1. The fraction of sp³-hybridized carbons (Fsp3) is 0.368. The van der Waals surface area contributed by atoms with Crippen LogP contribution in [0.1, 0.15) is 22.4 Å². The van der Waals surface area contributed by atoms with Crippen LogP contribution >= 0.6 is 11.3 Å². The zero-order chi connectivity index (χ0) is 15.9. The average molecular weight is 337 g/mol. The summed E-state index contributed by atoms with van der Waals surface area (Å²) in [5.41, 5.74) is 2.78. The van der Waals surface area contributed by atoms with Gasteiger partial charge in [0.05, 0.1) is 12.0 Å². The molecule has 1 atom stereocenters. The number of hydrogen-bond acceptors (Lipinski definition) is 5. The van der Waals surface area contributed by atoms with Crippen molar-refractivity contribution in [3.8, 4) is 5.75 Å². The third kappa shape index (κ3) is 2.35. The highest BCUT2D eigenvalue weighted by atomic mass is 32.1. The van der Waals surface area contributed by atoms with Gasteiger partial charge in [-0.15, -0.1) is 11.3 Å². The van der Waals surface area contributed by atoms with Crippen LogP contribution in [0.5, 0.6) is 5.75 Å². The lowest BCUT2D eigenvalue weighted by molar-refractivity contribution is 0.229. The molecule has 0 fully saturated rings. The Morgan fingerprint density at radius 2 is 2.17 bits per heavy atom. The number of ether oxygens (including phenoxy) is 1. The highest BCUT2D eigenvalue weighted by molar-refractivity contribution is 7.19. The maximum absolute atomic E-state index is 5.90. The lowest BCUT2D eigenvalue weighted by Gasteiger charge is -2.25. The number of anilines is 1. The number of nitrogens with zero attached hydrogens (tertiary/aromatic N) is 2. The van der Waals surface area contributed by atoms with Gasteiger partial charge in [0.15, 0.2) is 0 Å². The Bertz CT molecular complexity index is 905. The first kappa shape index (κ1) is 14.2. The molecule has 24 heavy (non-hydrogen) atoms. The Balaban J connectivity index is 1.37. The normalized spacial score (nSPS) is 18.9. The summed E-state index contributed by atoms with van der Waals surface area (Å²) in [6, 6.07) is 8.34. The Labute approximate surface area is 144 Å². The molecule has 0 spiro atoms. The zero-order valence-electron chi connectivity index (χ0n) is 13.4. The summed E-state index contributed by atoms with van der Waals surface area (Å²) in [5.74, 6) is 2.50. The summed E-state index contributed by atoms with van der Waals surface area (Å²) >= 11 is 1.84. The number of para-hydroxylation sites is 1. The summed E-state index contributed by atoms with van der Waals surface area (Å²) in [6.07, 6.45) is 6.36. The van der Waals surface area contributed by atoms with Gasteiger partial charge >= 0.3 is 0 Å². The molecular weight excluding hydrogens is 318 g/mol. The molecule has 0 radical (unpaired) electrons. The van der Waals surface area contributed by atoms with Crippen molar-refractivity contribution in [2.24, 2.45) is 5.92 Å². The minimum atomic E-state index is 0.469. The molecule has 0 saturated heterocycles. The molecule has 3 aromatic rings. The van der Waals surface area contributed by atoms with Crippen LogP contribution < -0.4 is 10.1 Å². The van der Waals surface area contributed by atoms with E-state index in [2.05, 4.69) is 33.5 Å². The first-order valence-corrected chi connectivity index (χ1v) is 9.40. The van der Waals surface area contributed by atoms with Crippen LogP contribution in [0.25, 0.3) is 10.2 Å². The lowest BCUT2D eigenvalue weighted by atomic mass is 9.97. The third-order valence-corrected chi connectivity index (χ3v) is 6.22. The molecule has 5 heteroatoms. The molecule has 0 unspecified atom stereocenters. The molecule has 0 bridgehead atoms. The molecule has 5 rings (SSSR count). The molecule has 4 nitrogen and oxygen atoms in total. The number of fused-ring (bicyclic) bond motifs is 4. The fourth-order valence-corrected chi connectivity index (χ4v) is 5.05. The highest BCUT2D eigenvalue weighted by Crippen LogP contribution is 2.39. The number of aryl methyl sites for hydroxylation is 2. The van der Waals surface area contributed by atoms with Crippen molar-refractivity contribution in [3.63, 3.8) is 0 Å². The Hall–Kier alpha value is -2.14. The molecule has 1 N–H and O–H groups in total. The number of rotatable bonds is 3. The van der Waals surface area contributed by atoms with E-state index in [1.165, 1.54) is 34.2 Å². The second-order valence-corrected chi connectivity index (χ2v) is 7.71. The van der Waals surface area contributed by atoms with Gasteiger partial charge in [0.2, 0.25) is 0 Å². The monoisotopic (exact) mass is 337 g/mol. The van der Waals surface area contributed by atoms with Crippen LogP contribution in [0.3, 0.4) is 0 Å². The molecule has 1 aromatic carbocycles. The lowest BCUT2D eigenvalue weighted by Crippen LogP contribution is -2.27. The second kappa shape index (κ2) is 5.74. The first-order chi connectivity index (χ1) is 11.9. The van der Waals surface area contributed by atoms with Crippen LogP contribution in [0.2, 0.25) is 0 Å². The van der Waals surface area contributed by atoms with E-state index in [9.17, 15) is 0 Å². The van der Waals surface area contributed by atoms with E-state index in [4.69, 9.17) is 4.74 Å². The molecule has 1 aliphatic heterocycles.